The maximum atomic E-state index is 12.9. The molecule has 1 N–H and O–H groups in total. The van der Waals surface area contributed by atoms with E-state index >= 15 is 0 Å². The topological polar surface area (TPSA) is 79.4 Å². The molecular weight excluding hydrogens is 415 g/mol. The largest absolute Gasteiger partial charge is 0.423 e. The standard InChI is InChI=1S/C19H24N6O2.2ClH/c1-13-4-5-16-15(10-13)22-19(27-16)25-8-6-24(7-9-25)18(26)17(20-2)14-11-21-23(3)12-14;;/h4-5,10-12,17,20H,6-9H2,1-3H3;2*1H. The second-order valence-corrected chi connectivity index (χ2v) is 6.95. The second-order valence-electron chi connectivity index (χ2n) is 6.95. The molecule has 0 spiro atoms. The van der Waals surface area contributed by atoms with E-state index in [2.05, 4.69) is 20.3 Å². The second kappa shape index (κ2) is 9.47. The Hall–Kier alpha value is -2.29. The summed E-state index contributed by atoms with van der Waals surface area (Å²) >= 11 is 0. The number of aryl methyl sites for hydroxylation is 2. The van der Waals surface area contributed by atoms with Crippen molar-refractivity contribution in [3.05, 3.63) is 41.7 Å². The molecule has 3 heterocycles. The third-order valence-corrected chi connectivity index (χ3v) is 4.99. The number of amides is 1. The minimum absolute atomic E-state index is 0. The Balaban J connectivity index is 0.00000150. The monoisotopic (exact) mass is 440 g/mol. The number of nitrogens with one attached hydrogen (secondary N) is 1. The van der Waals surface area contributed by atoms with Crippen LogP contribution >= 0.6 is 24.8 Å². The average molecular weight is 441 g/mol. The summed E-state index contributed by atoms with van der Waals surface area (Å²) in [6, 6.07) is 6.24. The molecule has 10 heteroatoms. The van der Waals surface area contributed by atoms with Crippen LogP contribution < -0.4 is 10.2 Å². The summed E-state index contributed by atoms with van der Waals surface area (Å²) < 4.78 is 7.60. The van der Waals surface area contributed by atoms with Crippen LogP contribution in [0.1, 0.15) is 17.2 Å². The van der Waals surface area contributed by atoms with Gasteiger partial charge in [-0.15, -0.1) is 24.8 Å². The van der Waals surface area contributed by atoms with Crippen molar-refractivity contribution in [3.63, 3.8) is 0 Å². The van der Waals surface area contributed by atoms with Crippen molar-refractivity contribution in [2.75, 3.05) is 38.1 Å². The highest BCUT2D eigenvalue weighted by molar-refractivity contribution is 5.85. The molecule has 1 amide bonds. The van der Waals surface area contributed by atoms with E-state index in [0.717, 1.165) is 22.2 Å². The van der Waals surface area contributed by atoms with Crippen LogP contribution in [-0.4, -0.2) is 58.8 Å². The van der Waals surface area contributed by atoms with Crippen molar-refractivity contribution in [2.24, 2.45) is 7.05 Å². The molecule has 1 saturated heterocycles. The number of benzene rings is 1. The number of oxazole rings is 1. The van der Waals surface area contributed by atoms with Crippen molar-refractivity contribution >= 4 is 47.8 Å². The molecule has 0 saturated carbocycles. The van der Waals surface area contributed by atoms with E-state index in [-0.39, 0.29) is 36.8 Å². The Bertz CT molecular complexity index is 965. The fourth-order valence-electron chi connectivity index (χ4n) is 3.48. The van der Waals surface area contributed by atoms with Crippen LogP contribution in [0, 0.1) is 6.92 Å². The van der Waals surface area contributed by atoms with Gasteiger partial charge in [0.2, 0.25) is 5.91 Å². The minimum atomic E-state index is -0.377. The number of carbonyl (C=O) groups is 1. The highest BCUT2D eigenvalue weighted by atomic mass is 35.5. The molecule has 0 radical (unpaired) electrons. The highest BCUT2D eigenvalue weighted by Crippen LogP contribution is 2.24. The van der Waals surface area contributed by atoms with Crippen LogP contribution in [0.15, 0.2) is 35.0 Å². The fraction of sp³-hybridized carbons (Fsp3) is 0.421. The molecule has 1 aromatic carbocycles. The SMILES string of the molecule is CNC(C(=O)N1CCN(c2nc3cc(C)ccc3o2)CC1)c1cnn(C)c1.Cl.Cl. The minimum Gasteiger partial charge on any atom is -0.423 e. The number of halogens is 2. The normalized spacial score (nSPS) is 15.0. The number of likely N-dealkylation sites (N-methyl/N-ethyl adjacent to an activating group) is 1. The number of aromatic nitrogens is 3. The Labute approximate surface area is 182 Å². The first-order chi connectivity index (χ1) is 13.0. The smallest absolute Gasteiger partial charge is 0.298 e. The van der Waals surface area contributed by atoms with Gasteiger partial charge in [-0.2, -0.15) is 10.1 Å². The van der Waals surface area contributed by atoms with Gasteiger partial charge in [0, 0.05) is 45.0 Å². The summed E-state index contributed by atoms with van der Waals surface area (Å²) in [6.45, 7) is 4.70. The maximum absolute atomic E-state index is 12.9. The van der Waals surface area contributed by atoms with E-state index in [0.29, 0.717) is 32.2 Å². The molecule has 0 bridgehead atoms. The molecule has 29 heavy (non-hydrogen) atoms. The first-order valence-corrected chi connectivity index (χ1v) is 9.12. The van der Waals surface area contributed by atoms with Crippen LogP contribution in [0.2, 0.25) is 0 Å². The van der Waals surface area contributed by atoms with E-state index in [1.165, 1.54) is 0 Å². The van der Waals surface area contributed by atoms with Gasteiger partial charge in [-0.1, -0.05) is 6.07 Å². The number of rotatable bonds is 4. The third kappa shape index (κ3) is 4.66. The molecule has 4 rings (SSSR count). The average Bonchev–Trinajstić information content (AvgIpc) is 3.28. The number of hydrogen-bond acceptors (Lipinski definition) is 6. The predicted molar refractivity (Wildman–Crippen MR) is 117 cm³/mol. The van der Waals surface area contributed by atoms with Gasteiger partial charge in [0.05, 0.1) is 6.20 Å². The van der Waals surface area contributed by atoms with Crippen LogP contribution in [0.25, 0.3) is 11.1 Å². The van der Waals surface area contributed by atoms with Gasteiger partial charge in [0.1, 0.15) is 11.6 Å². The zero-order chi connectivity index (χ0) is 19.0. The van der Waals surface area contributed by atoms with E-state index in [4.69, 9.17) is 4.42 Å². The Morgan fingerprint density at radius 3 is 2.55 bits per heavy atom. The van der Waals surface area contributed by atoms with E-state index in [1.807, 2.05) is 43.3 Å². The molecule has 1 aliphatic heterocycles. The van der Waals surface area contributed by atoms with Gasteiger partial charge in [0.15, 0.2) is 5.58 Å². The Morgan fingerprint density at radius 1 is 1.21 bits per heavy atom. The Kier molecular flexibility index (Phi) is 7.51. The molecular formula is C19H26Cl2N6O2. The van der Waals surface area contributed by atoms with Gasteiger partial charge in [-0.3, -0.25) is 9.48 Å². The lowest BCUT2D eigenvalue weighted by molar-refractivity contribution is -0.133. The summed E-state index contributed by atoms with van der Waals surface area (Å²) in [7, 11) is 3.65. The van der Waals surface area contributed by atoms with E-state index in [9.17, 15) is 4.79 Å². The number of hydrogen-bond donors (Lipinski definition) is 1. The number of nitrogens with zero attached hydrogens (tertiary/aromatic N) is 5. The van der Waals surface area contributed by atoms with Gasteiger partial charge in [-0.25, -0.2) is 0 Å². The third-order valence-electron chi connectivity index (χ3n) is 4.99. The van der Waals surface area contributed by atoms with Crippen LogP contribution in [0.5, 0.6) is 0 Å². The lowest BCUT2D eigenvalue weighted by Crippen LogP contribution is -2.51. The summed E-state index contributed by atoms with van der Waals surface area (Å²) in [5, 5.41) is 7.27. The highest BCUT2D eigenvalue weighted by Gasteiger charge is 2.29. The summed E-state index contributed by atoms with van der Waals surface area (Å²) in [4.78, 5) is 21.5. The first kappa shape index (κ1) is 23.0. The number of anilines is 1. The lowest BCUT2D eigenvalue weighted by Gasteiger charge is -2.35. The zero-order valence-corrected chi connectivity index (χ0v) is 18.3. The molecule has 1 aliphatic rings. The Morgan fingerprint density at radius 2 is 1.93 bits per heavy atom. The molecule has 1 atom stereocenters. The molecule has 158 valence electrons. The molecule has 2 aromatic heterocycles. The fourth-order valence-corrected chi connectivity index (χ4v) is 3.48. The van der Waals surface area contributed by atoms with Crippen molar-refractivity contribution < 1.29 is 9.21 Å². The number of fused-ring (bicyclic) bond motifs is 1. The van der Waals surface area contributed by atoms with Gasteiger partial charge >= 0.3 is 0 Å². The van der Waals surface area contributed by atoms with E-state index < -0.39 is 0 Å². The number of piperazine rings is 1. The summed E-state index contributed by atoms with van der Waals surface area (Å²) in [5.74, 6) is 0.0679. The molecule has 1 unspecified atom stereocenters. The maximum Gasteiger partial charge on any atom is 0.298 e. The molecule has 8 nitrogen and oxygen atoms in total. The predicted octanol–water partition coefficient (Wildman–Crippen LogP) is 2.32. The van der Waals surface area contributed by atoms with Gasteiger partial charge in [0.25, 0.3) is 6.01 Å². The zero-order valence-electron chi connectivity index (χ0n) is 16.7. The van der Waals surface area contributed by atoms with Crippen molar-refractivity contribution in [1.29, 1.82) is 0 Å². The van der Waals surface area contributed by atoms with Crippen molar-refractivity contribution in [2.45, 2.75) is 13.0 Å². The summed E-state index contributed by atoms with van der Waals surface area (Å²) in [6.07, 6.45) is 3.60. The van der Waals surface area contributed by atoms with Crippen LogP contribution in [0.4, 0.5) is 6.01 Å². The van der Waals surface area contributed by atoms with Crippen LogP contribution in [-0.2, 0) is 11.8 Å². The lowest BCUT2D eigenvalue weighted by atomic mass is 10.1. The van der Waals surface area contributed by atoms with E-state index in [1.54, 1.807) is 17.9 Å². The molecule has 1 fully saturated rings. The first-order valence-electron chi connectivity index (χ1n) is 9.12. The van der Waals surface area contributed by atoms with Crippen LogP contribution in [0.3, 0.4) is 0 Å². The molecule has 0 aliphatic carbocycles. The van der Waals surface area contributed by atoms with Gasteiger partial charge < -0.3 is 19.5 Å². The number of carbonyl (C=O) groups excluding carboxylic acids is 1. The molecule has 3 aromatic rings. The summed E-state index contributed by atoms with van der Waals surface area (Å²) in [5.41, 5.74) is 3.70. The quantitative estimate of drug-likeness (QED) is 0.670. The van der Waals surface area contributed by atoms with Crippen molar-refractivity contribution in [1.82, 2.24) is 25.0 Å². The van der Waals surface area contributed by atoms with Crippen molar-refractivity contribution in [3.8, 4) is 0 Å². The van der Waals surface area contributed by atoms with Gasteiger partial charge in [-0.05, 0) is 31.7 Å².